The third-order valence-corrected chi connectivity index (χ3v) is 6.35. The number of piperidine rings is 1. The maximum atomic E-state index is 13.0. The maximum absolute atomic E-state index is 13.0. The first kappa shape index (κ1) is 23.3. The van der Waals surface area contributed by atoms with Crippen LogP contribution in [0.3, 0.4) is 0 Å². The van der Waals surface area contributed by atoms with Crippen LogP contribution in [-0.2, 0) is 23.6 Å². The van der Waals surface area contributed by atoms with E-state index >= 15 is 0 Å². The van der Waals surface area contributed by atoms with Gasteiger partial charge in [-0.15, -0.1) is 0 Å². The van der Waals surface area contributed by atoms with Gasteiger partial charge in [0.25, 0.3) is 5.91 Å². The van der Waals surface area contributed by atoms with Crippen LogP contribution in [0.5, 0.6) is 0 Å². The van der Waals surface area contributed by atoms with Crippen LogP contribution in [0.2, 0.25) is 0 Å². The summed E-state index contributed by atoms with van der Waals surface area (Å²) >= 11 is 0. The normalized spacial score (nSPS) is 14.3. The number of hydrogen-bond donors (Lipinski definition) is 1. The van der Waals surface area contributed by atoms with Crippen molar-refractivity contribution in [1.29, 1.82) is 0 Å². The van der Waals surface area contributed by atoms with Crippen molar-refractivity contribution in [3.8, 4) is 0 Å². The monoisotopic (exact) mass is 464 g/mol. The van der Waals surface area contributed by atoms with Gasteiger partial charge in [-0.25, -0.2) is 0 Å². The van der Waals surface area contributed by atoms with Crippen molar-refractivity contribution in [3.63, 3.8) is 0 Å². The lowest BCUT2D eigenvalue weighted by molar-refractivity contribution is -0.148. The van der Waals surface area contributed by atoms with Crippen LogP contribution in [0.1, 0.15) is 30.1 Å². The van der Waals surface area contributed by atoms with Crippen molar-refractivity contribution in [3.05, 3.63) is 68.7 Å². The largest absolute Gasteiger partial charge is 0.466 e. The van der Waals surface area contributed by atoms with E-state index in [0.717, 1.165) is 5.69 Å². The predicted molar refractivity (Wildman–Crippen MR) is 130 cm³/mol. The first-order valence-corrected chi connectivity index (χ1v) is 11.3. The van der Waals surface area contributed by atoms with Crippen molar-refractivity contribution < 1.29 is 14.3 Å². The molecule has 2 heterocycles. The zero-order valence-electron chi connectivity index (χ0n) is 19.5. The molecule has 9 heteroatoms. The molecule has 2 aromatic carbocycles. The van der Waals surface area contributed by atoms with Crippen molar-refractivity contribution in [2.75, 3.05) is 29.9 Å². The Labute approximate surface area is 196 Å². The number of amides is 1. The van der Waals surface area contributed by atoms with Gasteiger partial charge in [0.05, 0.1) is 34.9 Å². The average molecular weight is 465 g/mol. The summed E-state index contributed by atoms with van der Waals surface area (Å²) in [5.74, 6) is -0.628. The quantitative estimate of drug-likeness (QED) is 0.459. The van der Waals surface area contributed by atoms with Crippen LogP contribution < -0.4 is 21.3 Å². The molecule has 0 spiro atoms. The number of fused-ring (bicyclic) bond motifs is 1. The molecule has 1 N–H and O–H groups in total. The van der Waals surface area contributed by atoms with Gasteiger partial charge in [-0.3, -0.25) is 19.2 Å². The van der Waals surface area contributed by atoms with E-state index in [1.807, 2.05) is 12.1 Å². The molecule has 178 valence electrons. The molecular formula is C25H28N4O5. The summed E-state index contributed by atoms with van der Waals surface area (Å²) < 4.78 is 7.80. The van der Waals surface area contributed by atoms with E-state index in [-0.39, 0.29) is 17.8 Å². The third-order valence-electron chi connectivity index (χ3n) is 6.35. The number of benzene rings is 2. The van der Waals surface area contributed by atoms with Gasteiger partial charge >= 0.3 is 17.1 Å². The molecular weight excluding hydrogens is 436 g/mol. The minimum Gasteiger partial charge on any atom is -0.466 e. The van der Waals surface area contributed by atoms with Crippen LogP contribution in [0, 0.1) is 5.92 Å². The number of esters is 1. The number of ether oxygens (including phenoxy) is 1. The molecule has 1 aliphatic rings. The van der Waals surface area contributed by atoms with Gasteiger partial charge in [-0.2, -0.15) is 0 Å². The van der Waals surface area contributed by atoms with E-state index in [0.29, 0.717) is 54.8 Å². The second kappa shape index (κ2) is 9.54. The second-order valence-electron chi connectivity index (χ2n) is 8.42. The fraction of sp³-hybridized carbons (Fsp3) is 0.360. The van der Waals surface area contributed by atoms with Crippen LogP contribution >= 0.6 is 0 Å². The highest BCUT2D eigenvalue weighted by atomic mass is 16.5. The summed E-state index contributed by atoms with van der Waals surface area (Å²) in [7, 11) is 3.10. The average Bonchev–Trinajstić information content (AvgIpc) is 2.86. The Morgan fingerprint density at radius 2 is 1.56 bits per heavy atom. The van der Waals surface area contributed by atoms with Crippen LogP contribution in [0.4, 0.5) is 11.4 Å². The van der Waals surface area contributed by atoms with E-state index < -0.39 is 11.1 Å². The first-order chi connectivity index (χ1) is 16.3. The highest BCUT2D eigenvalue weighted by Gasteiger charge is 2.28. The van der Waals surface area contributed by atoms with Gasteiger partial charge in [-0.05, 0) is 44.0 Å². The number of hydrogen-bond acceptors (Lipinski definition) is 6. The minimum atomic E-state index is -0.640. The summed E-state index contributed by atoms with van der Waals surface area (Å²) in [6.45, 7) is 3.32. The van der Waals surface area contributed by atoms with Crippen molar-refractivity contribution in [2.45, 2.75) is 19.8 Å². The van der Waals surface area contributed by atoms with Gasteiger partial charge in [0.15, 0.2) is 0 Å². The third kappa shape index (κ3) is 4.33. The molecule has 1 amide bonds. The molecule has 0 radical (unpaired) electrons. The molecule has 34 heavy (non-hydrogen) atoms. The Morgan fingerprint density at radius 1 is 0.971 bits per heavy atom. The summed E-state index contributed by atoms with van der Waals surface area (Å²) in [4.78, 5) is 52.0. The smallest absolute Gasteiger partial charge is 0.316 e. The van der Waals surface area contributed by atoms with Gasteiger partial charge in [0.2, 0.25) is 0 Å². The fourth-order valence-corrected chi connectivity index (χ4v) is 4.37. The molecule has 4 rings (SSSR count). The van der Waals surface area contributed by atoms with Crippen LogP contribution in [0.15, 0.2) is 52.1 Å². The Kier molecular flexibility index (Phi) is 6.54. The second-order valence-corrected chi connectivity index (χ2v) is 8.42. The molecule has 1 fully saturated rings. The van der Waals surface area contributed by atoms with E-state index in [4.69, 9.17) is 4.74 Å². The number of aryl methyl sites for hydroxylation is 2. The number of carbonyl (C=O) groups excluding carboxylic acids is 2. The highest BCUT2D eigenvalue weighted by molar-refractivity contribution is 6.07. The SMILES string of the molecule is CCOC(=O)C1CCN(c2cc3c(cc2NC(=O)c2ccccc2)n(C)c(=O)c(=O)n3C)CC1. The van der Waals surface area contributed by atoms with Gasteiger partial charge in [0, 0.05) is 32.7 Å². The summed E-state index contributed by atoms with van der Waals surface area (Å²) in [6.07, 6.45) is 1.24. The molecule has 1 aromatic heterocycles. The molecule has 0 atom stereocenters. The van der Waals surface area contributed by atoms with Gasteiger partial charge < -0.3 is 24.1 Å². The summed E-state index contributed by atoms with van der Waals surface area (Å²) in [5, 5.41) is 2.98. The number of nitrogens with zero attached hydrogens (tertiary/aromatic N) is 3. The van der Waals surface area contributed by atoms with E-state index in [9.17, 15) is 19.2 Å². The maximum Gasteiger partial charge on any atom is 0.316 e. The number of nitrogens with one attached hydrogen (secondary N) is 1. The van der Waals surface area contributed by atoms with Crippen molar-refractivity contribution in [1.82, 2.24) is 9.13 Å². The van der Waals surface area contributed by atoms with Crippen LogP contribution in [0.25, 0.3) is 11.0 Å². The number of anilines is 2. The Morgan fingerprint density at radius 3 is 2.15 bits per heavy atom. The lowest BCUT2D eigenvalue weighted by Crippen LogP contribution is -2.40. The lowest BCUT2D eigenvalue weighted by Gasteiger charge is -2.34. The van der Waals surface area contributed by atoms with Crippen LogP contribution in [-0.4, -0.2) is 40.7 Å². The lowest BCUT2D eigenvalue weighted by atomic mass is 9.96. The first-order valence-electron chi connectivity index (χ1n) is 11.3. The van der Waals surface area contributed by atoms with Gasteiger partial charge in [-0.1, -0.05) is 18.2 Å². The summed E-state index contributed by atoms with van der Waals surface area (Å²) in [6, 6.07) is 12.4. The zero-order valence-corrected chi connectivity index (χ0v) is 19.5. The molecule has 0 bridgehead atoms. The zero-order chi connectivity index (χ0) is 24.4. The molecule has 0 saturated carbocycles. The molecule has 0 aliphatic carbocycles. The number of aromatic nitrogens is 2. The Hall–Kier alpha value is -3.88. The Balaban J connectivity index is 1.76. The van der Waals surface area contributed by atoms with E-state index in [2.05, 4.69) is 10.2 Å². The Bertz CT molecular complexity index is 1350. The van der Waals surface area contributed by atoms with Crippen molar-refractivity contribution >= 4 is 34.3 Å². The molecule has 1 saturated heterocycles. The molecule has 0 unspecified atom stereocenters. The van der Waals surface area contributed by atoms with E-state index in [1.165, 1.54) is 9.13 Å². The van der Waals surface area contributed by atoms with Crippen molar-refractivity contribution in [2.24, 2.45) is 20.0 Å². The summed E-state index contributed by atoms with van der Waals surface area (Å²) in [5.41, 5.74) is 1.61. The molecule has 1 aliphatic heterocycles. The highest BCUT2D eigenvalue weighted by Crippen LogP contribution is 2.34. The standard InChI is InChI=1S/C25H28N4O5/c1-4-34-25(33)17-10-12-29(13-11-17)19-15-21-20(27(2)23(31)24(32)28(21)3)14-18(19)26-22(30)16-8-6-5-7-9-16/h5-9,14-15,17H,4,10-13H2,1-3H3,(H,26,30). The fourth-order valence-electron chi connectivity index (χ4n) is 4.37. The van der Waals surface area contributed by atoms with Gasteiger partial charge in [0.1, 0.15) is 0 Å². The topological polar surface area (TPSA) is 103 Å². The minimum absolute atomic E-state index is 0.163. The van der Waals surface area contributed by atoms with E-state index in [1.54, 1.807) is 51.4 Å². The molecule has 9 nitrogen and oxygen atoms in total. The number of rotatable bonds is 5. The number of carbonyl (C=O) groups is 2. The predicted octanol–water partition coefficient (Wildman–Crippen LogP) is 2.27. The molecule has 3 aromatic rings.